The lowest BCUT2D eigenvalue weighted by atomic mass is 9.99. The van der Waals surface area contributed by atoms with Crippen LogP contribution in [0.15, 0.2) is 18.2 Å². The van der Waals surface area contributed by atoms with E-state index in [1.165, 1.54) is 12.8 Å². The van der Waals surface area contributed by atoms with E-state index in [2.05, 4.69) is 33.0 Å². The molecule has 1 rings (SSSR count). The molecule has 3 atom stereocenters. The summed E-state index contributed by atoms with van der Waals surface area (Å²) in [7, 11) is 0. The van der Waals surface area contributed by atoms with Gasteiger partial charge in [0, 0.05) is 22.1 Å². The number of halogens is 2. The molecule has 0 saturated carbocycles. The zero-order valence-electron chi connectivity index (χ0n) is 11.6. The van der Waals surface area contributed by atoms with E-state index in [1.54, 1.807) is 0 Å². The predicted octanol–water partition coefficient (Wildman–Crippen LogP) is 5.47. The predicted molar refractivity (Wildman–Crippen MR) is 81.5 cm³/mol. The van der Waals surface area contributed by atoms with Crippen molar-refractivity contribution in [3.8, 4) is 0 Å². The number of hydrogen-bond acceptors (Lipinski definition) is 1. The highest BCUT2D eigenvalue weighted by molar-refractivity contribution is 6.33. The van der Waals surface area contributed by atoms with Crippen LogP contribution in [0.4, 0.5) is 0 Å². The molecule has 1 aromatic rings. The Morgan fingerprint density at radius 1 is 1.17 bits per heavy atom. The summed E-state index contributed by atoms with van der Waals surface area (Å²) in [5, 5.41) is 5.09. The van der Waals surface area contributed by atoms with Crippen LogP contribution in [0.5, 0.6) is 0 Å². The fourth-order valence-corrected chi connectivity index (χ4v) is 2.66. The highest BCUT2D eigenvalue weighted by Crippen LogP contribution is 2.26. The first-order chi connectivity index (χ1) is 8.43. The Kier molecular flexibility index (Phi) is 6.48. The van der Waals surface area contributed by atoms with Gasteiger partial charge >= 0.3 is 0 Å². The minimum atomic E-state index is 0.218. The molecule has 3 heteroatoms. The summed E-state index contributed by atoms with van der Waals surface area (Å²) in [4.78, 5) is 0. The van der Waals surface area contributed by atoms with Gasteiger partial charge in [-0.05, 0) is 49.9 Å². The van der Waals surface area contributed by atoms with Crippen LogP contribution in [-0.4, -0.2) is 6.04 Å². The van der Waals surface area contributed by atoms with E-state index in [4.69, 9.17) is 23.2 Å². The summed E-state index contributed by atoms with van der Waals surface area (Å²) >= 11 is 12.2. The van der Waals surface area contributed by atoms with Crippen molar-refractivity contribution in [1.29, 1.82) is 0 Å². The number of benzene rings is 1. The van der Waals surface area contributed by atoms with Crippen molar-refractivity contribution in [2.24, 2.45) is 5.92 Å². The molecule has 3 unspecified atom stereocenters. The van der Waals surface area contributed by atoms with E-state index in [0.29, 0.717) is 6.04 Å². The molecule has 0 saturated heterocycles. The molecule has 102 valence electrons. The minimum absolute atomic E-state index is 0.218. The second-order valence-corrected chi connectivity index (χ2v) is 6.05. The Labute approximate surface area is 121 Å². The Morgan fingerprint density at radius 2 is 1.83 bits per heavy atom. The van der Waals surface area contributed by atoms with Crippen molar-refractivity contribution in [2.75, 3.05) is 0 Å². The van der Waals surface area contributed by atoms with Gasteiger partial charge in [-0.1, -0.05) is 43.5 Å². The first-order valence-electron chi connectivity index (χ1n) is 6.65. The third kappa shape index (κ3) is 4.79. The van der Waals surface area contributed by atoms with Crippen molar-refractivity contribution >= 4 is 23.2 Å². The molecule has 1 N–H and O–H groups in total. The standard InChI is InChI=1S/C15H23Cl2N/c1-5-10(2)8-11(3)18-12(4)14-9-13(16)6-7-15(14)17/h6-7,9-12,18H,5,8H2,1-4H3. The average Bonchev–Trinajstić information content (AvgIpc) is 2.31. The minimum Gasteiger partial charge on any atom is -0.308 e. The monoisotopic (exact) mass is 287 g/mol. The van der Waals surface area contributed by atoms with Crippen molar-refractivity contribution in [1.82, 2.24) is 5.32 Å². The van der Waals surface area contributed by atoms with Gasteiger partial charge in [-0.2, -0.15) is 0 Å². The number of hydrogen-bond donors (Lipinski definition) is 1. The smallest absolute Gasteiger partial charge is 0.0454 e. The average molecular weight is 288 g/mol. The van der Waals surface area contributed by atoms with Gasteiger partial charge in [0.1, 0.15) is 0 Å². The van der Waals surface area contributed by atoms with Crippen LogP contribution < -0.4 is 5.32 Å². The highest BCUT2D eigenvalue weighted by Gasteiger charge is 2.14. The lowest BCUT2D eigenvalue weighted by Crippen LogP contribution is -2.30. The van der Waals surface area contributed by atoms with Crippen LogP contribution in [0, 0.1) is 5.92 Å². The van der Waals surface area contributed by atoms with Crippen LogP contribution >= 0.6 is 23.2 Å². The second-order valence-electron chi connectivity index (χ2n) is 5.20. The summed E-state index contributed by atoms with van der Waals surface area (Å²) in [6, 6.07) is 6.32. The van der Waals surface area contributed by atoms with E-state index in [0.717, 1.165) is 21.5 Å². The van der Waals surface area contributed by atoms with Gasteiger partial charge in [-0.3, -0.25) is 0 Å². The fourth-order valence-electron chi connectivity index (χ4n) is 2.20. The van der Waals surface area contributed by atoms with Crippen molar-refractivity contribution in [3.05, 3.63) is 33.8 Å². The third-order valence-electron chi connectivity index (χ3n) is 3.41. The lowest BCUT2D eigenvalue weighted by Gasteiger charge is -2.23. The maximum atomic E-state index is 6.21. The van der Waals surface area contributed by atoms with Gasteiger partial charge in [0.05, 0.1) is 0 Å². The Bertz CT molecular complexity index is 379. The Hall–Kier alpha value is -0.240. The van der Waals surface area contributed by atoms with Gasteiger partial charge < -0.3 is 5.32 Å². The molecule has 0 amide bonds. The van der Waals surface area contributed by atoms with Gasteiger partial charge in [0.2, 0.25) is 0 Å². The zero-order valence-corrected chi connectivity index (χ0v) is 13.1. The molecule has 0 aliphatic heterocycles. The van der Waals surface area contributed by atoms with E-state index in [9.17, 15) is 0 Å². The quantitative estimate of drug-likeness (QED) is 0.732. The summed E-state index contributed by atoms with van der Waals surface area (Å²) in [6.07, 6.45) is 2.40. The van der Waals surface area contributed by atoms with Crippen LogP contribution in [0.2, 0.25) is 10.0 Å². The summed E-state index contributed by atoms with van der Waals surface area (Å²) in [5.74, 6) is 0.745. The molecule has 0 spiro atoms. The van der Waals surface area contributed by atoms with E-state index >= 15 is 0 Å². The van der Waals surface area contributed by atoms with Crippen molar-refractivity contribution in [2.45, 2.75) is 52.6 Å². The van der Waals surface area contributed by atoms with Gasteiger partial charge in [0.15, 0.2) is 0 Å². The zero-order chi connectivity index (χ0) is 13.7. The van der Waals surface area contributed by atoms with Gasteiger partial charge in [-0.15, -0.1) is 0 Å². The molecule has 1 nitrogen and oxygen atoms in total. The molecule has 18 heavy (non-hydrogen) atoms. The van der Waals surface area contributed by atoms with Gasteiger partial charge in [0.25, 0.3) is 0 Å². The Morgan fingerprint density at radius 3 is 2.44 bits per heavy atom. The topological polar surface area (TPSA) is 12.0 Å². The number of rotatable bonds is 6. The molecule has 0 fully saturated rings. The molecular formula is C15H23Cl2N. The summed E-state index contributed by atoms with van der Waals surface area (Å²) < 4.78 is 0. The molecule has 0 aromatic heterocycles. The van der Waals surface area contributed by atoms with Crippen LogP contribution in [-0.2, 0) is 0 Å². The summed E-state index contributed by atoms with van der Waals surface area (Å²) in [5.41, 5.74) is 1.07. The second kappa shape index (κ2) is 7.37. The fraction of sp³-hybridized carbons (Fsp3) is 0.600. The van der Waals surface area contributed by atoms with Gasteiger partial charge in [-0.25, -0.2) is 0 Å². The van der Waals surface area contributed by atoms with Crippen molar-refractivity contribution < 1.29 is 0 Å². The molecule has 0 bridgehead atoms. The van der Waals surface area contributed by atoms with Crippen LogP contribution in [0.3, 0.4) is 0 Å². The molecule has 1 aromatic carbocycles. The molecule has 0 heterocycles. The normalized spacial score (nSPS) is 16.3. The third-order valence-corrected chi connectivity index (χ3v) is 3.99. The van der Waals surface area contributed by atoms with Crippen molar-refractivity contribution in [3.63, 3.8) is 0 Å². The number of nitrogens with one attached hydrogen (secondary N) is 1. The largest absolute Gasteiger partial charge is 0.308 e. The highest BCUT2D eigenvalue weighted by atomic mass is 35.5. The maximum Gasteiger partial charge on any atom is 0.0454 e. The van der Waals surface area contributed by atoms with E-state index in [1.807, 2.05) is 18.2 Å². The molecule has 0 aliphatic carbocycles. The van der Waals surface area contributed by atoms with Crippen LogP contribution in [0.1, 0.15) is 52.1 Å². The molecule has 0 radical (unpaired) electrons. The first kappa shape index (κ1) is 15.8. The molecular weight excluding hydrogens is 265 g/mol. The first-order valence-corrected chi connectivity index (χ1v) is 7.40. The molecule has 0 aliphatic rings. The SMILES string of the molecule is CCC(C)CC(C)NC(C)c1cc(Cl)ccc1Cl. The summed E-state index contributed by atoms with van der Waals surface area (Å²) in [6.45, 7) is 8.87. The maximum absolute atomic E-state index is 6.21. The van der Waals surface area contributed by atoms with E-state index in [-0.39, 0.29) is 6.04 Å². The Balaban J connectivity index is 2.64. The van der Waals surface area contributed by atoms with Crippen LogP contribution in [0.25, 0.3) is 0 Å². The van der Waals surface area contributed by atoms with E-state index < -0.39 is 0 Å². The lowest BCUT2D eigenvalue weighted by molar-refractivity contribution is 0.385.